The van der Waals surface area contributed by atoms with Crippen molar-refractivity contribution < 1.29 is 17.9 Å². The number of halogens is 2. The van der Waals surface area contributed by atoms with E-state index in [-0.39, 0.29) is 33.8 Å². The SMILES string of the molecule is COCC(CNS(=O)(=O)c1ccc(Cl)c(N)c1Cl)OC. The number of nitrogens with one attached hydrogen (secondary N) is 1. The Labute approximate surface area is 128 Å². The molecule has 0 heterocycles. The summed E-state index contributed by atoms with van der Waals surface area (Å²) >= 11 is 11.7. The number of methoxy groups -OCH3 is 2. The van der Waals surface area contributed by atoms with Gasteiger partial charge in [0.15, 0.2) is 0 Å². The molecule has 20 heavy (non-hydrogen) atoms. The highest BCUT2D eigenvalue weighted by atomic mass is 35.5. The number of hydrogen-bond donors (Lipinski definition) is 2. The molecule has 3 N–H and O–H groups in total. The molecule has 1 aromatic carbocycles. The van der Waals surface area contributed by atoms with Crippen molar-refractivity contribution in [2.45, 2.75) is 11.0 Å². The highest BCUT2D eigenvalue weighted by molar-refractivity contribution is 7.89. The summed E-state index contributed by atoms with van der Waals surface area (Å²) in [6.45, 7) is 0.307. The van der Waals surface area contributed by atoms with E-state index in [1.807, 2.05) is 0 Å². The van der Waals surface area contributed by atoms with Gasteiger partial charge in [0.2, 0.25) is 10.0 Å². The van der Waals surface area contributed by atoms with Crippen LogP contribution < -0.4 is 10.5 Å². The van der Waals surface area contributed by atoms with Gasteiger partial charge in [-0.1, -0.05) is 23.2 Å². The van der Waals surface area contributed by atoms with Gasteiger partial charge in [0.1, 0.15) is 4.90 Å². The second kappa shape index (κ2) is 7.44. The van der Waals surface area contributed by atoms with Crippen LogP contribution >= 0.6 is 23.2 Å². The average Bonchev–Trinajstić information content (AvgIpc) is 2.40. The van der Waals surface area contributed by atoms with Gasteiger partial charge in [-0.2, -0.15) is 0 Å². The van der Waals surface area contributed by atoms with Gasteiger partial charge in [-0.05, 0) is 12.1 Å². The van der Waals surface area contributed by atoms with E-state index >= 15 is 0 Å². The lowest BCUT2D eigenvalue weighted by atomic mass is 10.3. The predicted molar refractivity (Wildman–Crippen MR) is 78.7 cm³/mol. The zero-order chi connectivity index (χ0) is 15.3. The van der Waals surface area contributed by atoms with Crippen LogP contribution in [0.15, 0.2) is 17.0 Å². The van der Waals surface area contributed by atoms with Gasteiger partial charge in [-0.3, -0.25) is 0 Å². The fraction of sp³-hybridized carbons (Fsp3) is 0.455. The first-order valence-electron chi connectivity index (χ1n) is 5.58. The highest BCUT2D eigenvalue weighted by Crippen LogP contribution is 2.32. The van der Waals surface area contributed by atoms with Gasteiger partial charge in [0, 0.05) is 20.8 Å². The molecule has 1 unspecified atom stereocenters. The lowest BCUT2D eigenvalue weighted by Crippen LogP contribution is -2.35. The molecule has 0 bridgehead atoms. The van der Waals surface area contributed by atoms with Crippen LogP contribution in [0.3, 0.4) is 0 Å². The number of benzene rings is 1. The van der Waals surface area contributed by atoms with Crippen LogP contribution in [0.2, 0.25) is 10.0 Å². The summed E-state index contributed by atoms with van der Waals surface area (Å²) in [6.07, 6.45) is -0.404. The smallest absolute Gasteiger partial charge is 0.242 e. The molecule has 1 aromatic rings. The second-order valence-electron chi connectivity index (χ2n) is 3.94. The van der Waals surface area contributed by atoms with Crippen molar-refractivity contribution in [3.63, 3.8) is 0 Å². The highest BCUT2D eigenvalue weighted by Gasteiger charge is 2.22. The summed E-state index contributed by atoms with van der Waals surface area (Å²) in [6, 6.07) is 2.67. The van der Waals surface area contributed by atoms with Crippen LogP contribution in [0.5, 0.6) is 0 Å². The zero-order valence-corrected chi connectivity index (χ0v) is 13.3. The Morgan fingerprint density at radius 3 is 2.55 bits per heavy atom. The first kappa shape index (κ1) is 17.5. The summed E-state index contributed by atoms with van der Waals surface area (Å²) < 4.78 is 36.6. The van der Waals surface area contributed by atoms with E-state index in [4.69, 9.17) is 38.4 Å². The maximum Gasteiger partial charge on any atom is 0.242 e. The Morgan fingerprint density at radius 2 is 2.00 bits per heavy atom. The Kier molecular flexibility index (Phi) is 6.50. The van der Waals surface area contributed by atoms with E-state index < -0.39 is 16.1 Å². The normalized spacial score (nSPS) is 13.4. The monoisotopic (exact) mass is 342 g/mol. The van der Waals surface area contributed by atoms with E-state index in [2.05, 4.69) is 4.72 Å². The minimum Gasteiger partial charge on any atom is -0.396 e. The van der Waals surface area contributed by atoms with E-state index in [1.165, 1.54) is 26.4 Å². The summed E-state index contributed by atoms with van der Waals surface area (Å²) in [5, 5.41) is 0.0915. The van der Waals surface area contributed by atoms with Gasteiger partial charge in [0.25, 0.3) is 0 Å². The maximum absolute atomic E-state index is 12.2. The van der Waals surface area contributed by atoms with Gasteiger partial charge < -0.3 is 15.2 Å². The molecule has 1 atom stereocenters. The Bertz CT molecular complexity index is 566. The molecule has 9 heteroatoms. The molecule has 0 aliphatic heterocycles. The molecule has 0 saturated heterocycles. The fourth-order valence-corrected chi connectivity index (χ4v) is 3.26. The third-order valence-corrected chi connectivity index (χ3v) is 4.88. The lowest BCUT2D eigenvalue weighted by molar-refractivity contribution is 0.0320. The molecular formula is C11H16Cl2N2O4S. The standard InChI is InChI=1S/C11H16Cl2N2O4S/c1-18-6-7(19-2)5-15-20(16,17)9-4-3-8(12)11(14)10(9)13/h3-4,7,15H,5-6,14H2,1-2H3. The summed E-state index contributed by atoms with van der Waals surface area (Å²) in [4.78, 5) is -0.131. The average molecular weight is 343 g/mol. The second-order valence-corrected chi connectivity index (χ2v) is 6.46. The van der Waals surface area contributed by atoms with Crippen LogP contribution in [0.25, 0.3) is 0 Å². The van der Waals surface area contributed by atoms with Gasteiger partial charge in [-0.25, -0.2) is 13.1 Å². The van der Waals surface area contributed by atoms with E-state index in [0.29, 0.717) is 0 Å². The fourth-order valence-electron chi connectivity index (χ4n) is 1.43. The number of hydrogen-bond acceptors (Lipinski definition) is 5. The largest absolute Gasteiger partial charge is 0.396 e. The molecule has 6 nitrogen and oxygen atoms in total. The minimum absolute atomic E-state index is 0.0244. The van der Waals surface area contributed by atoms with Gasteiger partial charge in [0.05, 0.1) is 28.4 Å². The first-order valence-corrected chi connectivity index (χ1v) is 7.82. The Balaban J connectivity index is 2.92. The first-order chi connectivity index (χ1) is 9.33. The van der Waals surface area contributed by atoms with Crippen molar-refractivity contribution in [3.8, 4) is 0 Å². The predicted octanol–water partition coefficient (Wildman–Crippen LogP) is 1.52. The van der Waals surface area contributed by atoms with Crippen LogP contribution in [0.4, 0.5) is 5.69 Å². The number of nitrogen functional groups attached to an aromatic ring is 1. The number of nitrogens with two attached hydrogens (primary N) is 1. The Hall–Kier alpha value is -0.570. The number of sulfonamides is 1. The van der Waals surface area contributed by atoms with Crippen molar-refractivity contribution >= 4 is 38.9 Å². The molecule has 0 fully saturated rings. The van der Waals surface area contributed by atoms with Crippen LogP contribution in [0.1, 0.15) is 0 Å². The van der Waals surface area contributed by atoms with E-state index in [9.17, 15) is 8.42 Å². The summed E-state index contributed by atoms with van der Waals surface area (Å²) in [5.41, 5.74) is 5.63. The molecule has 0 aliphatic carbocycles. The molecule has 114 valence electrons. The summed E-state index contributed by atoms with van der Waals surface area (Å²) in [7, 11) is -0.849. The quantitative estimate of drug-likeness (QED) is 0.733. The molecule has 0 radical (unpaired) electrons. The maximum atomic E-state index is 12.2. The van der Waals surface area contributed by atoms with Crippen molar-refractivity contribution in [1.29, 1.82) is 0 Å². The van der Waals surface area contributed by atoms with E-state index in [1.54, 1.807) is 0 Å². The van der Waals surface area contributed by atoms with E-state index in [0.717, 1.165) is 0 Å². The molecule has 0 amide bonds. The number of ether oxygens (including phenoxy) is 2. The number of rotatable bonds is 7. The van der Waals surface area contributed by atoms with Crippen molar-refractivity contribution in [1.82, 2.24) is 4.72 Å². The van der Waals surface area contributed by atoms with Crippen LogP contribution in [-0.2, 0) is 19.5 Å². The van der Waals surface area contributed by atoms with Gasteiger partial charge in [-0.15, -0.1) is 0 Å². The third kappa shape index (κ3) is 4.21. The molecule has 0 aliphatic rings. The molecule has 0 spiro atoms. The summed E-state index contributed by atoms with van der Waals surface area (Å²) in [5.74, 6) is 0. The molecular weight excluding hydrogens is 327 g/mol. The van der Waals surface area contributed by atoms with Gasteiger partial charge >= 0.3 is 0 Å². The van der Waals surface area contributed by atoms with Crippen LogP contribution in [-0.4, -0.2) is 41.9 Å². The zero-order valence-electron chi connectivity index (χ0n) is 11.0. The minimum atomic E-state index is -3.81. The Morgan fingerprint density at radius 1 is 1.35 bits per heavy atom. The van der Waals surface area contributed by atoms with Crippen molar-refractivity contribution in [3.05, 3.63) is 22.2 Å². The topological polar surface area (TPSA) is 90.7 Å². The number of anilines is 1. The third-order valence-electron chi connectivity index (χ3n) is 2.57. The van der Waals surface area contributed by atoms with Crippen LogP contribution in [0, 0.1) is 0 Å². The lowest BCUT2D eigenvalue weighted by Gasteiger charge is -2.16. The van der Waals surface area contributed by atoms with Crippen molar-refractivity contribution in [2.75, 3.05) is 33.1 Å². The van der Waals surface area contributed by atoms with Crippen molar-refractivity contribution in [2.24, 2.45) is 0 Å². The molecule has 0 aromatic heterocycles. The molecule has 0 saturated carbocycles. The molecule has 1 rings (SSSR count).